The van der Waals surface area contributed by atoms with Crippen LogP contribution in [0.4, 0.5) is 0 Å². The molecular weight excluding hydrogens is 360 g/mol. The van der Waals surface area contributed by atoms with Gasteiger partial charge < -0.3 is 10.6 Å². The zero-order chi connectivity index (χ0) is 20.2. The molecule has 2 atom stereocenters. The van der Waals surface area contributed by atoms with E-state index in [9.17, 15) is 4.79 Å². The highest BCUT2D eigenvalue weighted by atomic mass is 16.2. The Hall–Kier alpha value is -2.92. The van der Waals surface area contributed by atoms with Gasteiger partial charge in [-0.3, -0.25) is 4.79 Å². The van der Waals surface area contributed by atoms with Gasteiger partial charge in [0.1, 0.15) is 0 Å². The lowest BCUT2D eigenvalue weighted by atomic mass is 9.85. The maximum absolute atomic E-state index is 13.0. The van der Waals surface area contributed by atoms with Crippen LogP contribution in [0.15, 0.2) is 66.9 Å². The first kappa shape index (κ1) is 19.4. The van der Waals surface area contributed by atoms with Gasteiger partial charge in [-0.2, -0.15) is 5.10 Å². The second-order valence-corrected chi connectivity index (χ2v) is 7.97. The summed E-state index contributed by atoms with van der Waals surface area (Å²) in [6, 6.07) is 20.3. The predicted molar refractivity (Wildman–Crippen MR) is 115 cm³/mol. The molecule has 0 saturated heterocycles. The van der Waals surface area contributed by atoms with Crippen LogP contribution in [-0.4, -0.2) is 33.7 Å². The Morgan fingerprint density at radius 1 is 1.10 bits per heavy atom. The number of hydrogen-bond acceptors (Lipinski definition) is 3. The van der Waals surface area contributed by atoms with Crippen LogP contribution in [0.2, 0.25) is 0 Å². The molecule has 3 aromatic rings. The van der Waals surface area contributed by atoms with Crippen LogP contribution in [0.25, 0.3) is 16.9 Å². The summed E-state index contributed by atoms with van der Waals surface area (Å²) in [5.41, 5.74) is 10.1. The number of nitrogens with zero attached hydrogens (tertiary/aromatic N) is 3. The Labute approximate surface area is 172 Å². The Morgan fingerprint density at radius 2 is 1.79 bits per heavy atom. The average molecular weight is 389 g/mol. The third-order valence-electron chi connectivity index (χ3n) is 5.71. The van der Waals surface area contributed by atoms with E-state index in [0.29, 0.717) is 6.54 Å². The van der Waals surface area contributed by atoms with Gasteiger partial charge >= 0.3 is 0 Å². The molecule has 1 aliphatic rings. The van der Waals surface area contributed by atoms with Gasteiger partial charge in [-0.15, -0.1) is 0 Å². The van der Waals surface area contributed by atoms with Gasteiger partial charge in [0.2, 0.25) is 5.91 Å². The number of rotatable bonds is 5. The number of benzene rings is 2. The quantitative estimate of drug-likeness (QED) is 0.718. The lowest BCUT2D eigenvalue weighted by Gasteiger charge is -2.29. The summed E-state index contributed by atoms with van der Waals surface area (Å²) in [6.07, 6.45) is 5.82. The van der Waals surface area contributed by atoms with Crippen molar-refractivity contribution in [1.29, 1.82) is 0 Å². The van der Waals surface area contributed by atoms with Crippen molar-refractivity contribution in [2.24, 2.45) is 11.7 Å². The predicted octanol–water partition coefficient (Wildman–Crippen LogP) is 4.02. The van der Waals surface area contributed by atoms with Crippen LogP contribution >= 0.6 is 0 Å². The lowest BCUT2D eigenvalue weighted by molar-refractivity contribution is -0.135. The molecule has 29 heavy (non-hydrogen) atoms. The molecule has 0 aliphatic heterocycles. The first-order chi connectivity index (χ1) is 14.1. The lowest BCUT2D eigenvalue weighted by Crippen LogP contribution is -2.38. The Morgan fingerprint density at radius 3 is 2.48 bits per heavy atom. The van der Waals surface area contributed by atoms with Crippen molar-refractivity contribution in [1.82, 2.24) is 14.7 Å². The molecule has 0 bridgehead atoms. The van der Waals surface area contributed by atoms with E-state index < -0.39 is 0 Å². The molecule has 1 aromatic heterocycles. The monoisotopic (exact) mass is 388 g/mol. The second-order valence-electron chi connectivity index (χ2n) is 7.97. The van der Waals surface area contributed by atoms with Crippen LogP contribution < -0.4 is 5.73 Å². The highest BCUT2D eigenvalue weighted by Gasteiger charge is 2.28. The first-order valence-electron chi connectivity index (χ1n) is 10.3. The number of carbonyl (C=O) groups is 1. The number of nitrogens with two attached hydrogens (primary N) is 1. The summed E-state index contributed by atoms with van der Waals surface area (Å²) in [7, 11) is 1.89. The number of hydrogen-bond donors (Lipinski definition) is 1. The number of carbonyl (C=O) groups excluding carboxylic acids is 1. The Bertz CT molecular complexity index is 952. The standard InChI is InChI=1S/C24H28N4O/c1-27(24(29)19-11-8-12-21(25)15-19)16-20-17-28(22-13-6-3-7-14-22)26-23(20)18-9-4-2-5-10-18/h2-7,9-10,13-14,17,19,21H,8,11-12,15-16,25H2,1H3. The van der Waals surface area contributed by atoms with Crippen molar-refractivity contribution in [2.45, 2.75) is 38.3 Å². The molecule has 4 rings (SSSR count). The summed E-state index contributed by atoms with van der Waals surface area (Å²) in [6.45, 7) is 0.529. The van der Waals surface area contributed by atoms with Crippen molar-refractivity contribution in [2.75, 3.05) is 7.05 Å². The molecule has 2 aromatic carbocycles. The van der Waals surface area contributed by atoms with E-state index in [1.54, 1.807) is 0 Å². The van der Waals surface area contributed by atoms with Crippen molar-refractivity contribution >= 4 is 5.91 Å². The summed E-state index contributed by atoms with van der Waals surface area (Å²) < 4.78 is 1.90. The van der Waals surface area contributed by atoms with Crippen LogP contribution in [0, 0.1) is 5.92 Å². The molecule has 1 saturated carbocycles. The van der Waals surface area contributed by atoms with E-state index in [0.717, 1.165) is 48.2 Å². The average Bonchev–Trinajstić information content (AvgIpc) is 3.18. The Kier molecular flexibility index (Phi) is 5.76. The smallest absolute Gasteiger partial charge is 0.225 e. The van der Waals surface area contributed by atoms with Crippen molar-refractivity contribution in [3.8, 4) is 16.9 Å². The highest BCUT2D eigenvalue weighted by Crippen LogP contribution is 2.28. The molecule has 1 aliphatic carbocycles. The SMILES string of the molecule is CN(Cc1cn(-c2ccccc2)nc1-c1ccccc1)C(=O)C1CCCC(N)C1. The van der Waals surface area contributed by atoms with Gasteiger partial charge in [0.25, 0.3) is 0 Å². The van der Waals surface area contributed by atoms with E-state index in [1.165, 1.54) is 0 Å². The van der Waals surface area contributed by atoms with E-state index >= 15 is 0 Å². The number of amides is 1. The van der Waals surface area contributed by atoms with Crippen LogP contribution in [0.5, 0.6) is 0 Å². The zero-order valence-corrected chi connectivity index (χ0v) is 16.9. The summed E-state index contributed by atoms with van der Waals surface area (Å²) in [5, 5.41) is 4.85. The fourth-order valence-electron chi connectivity index (χ4n) is 4.17. The van der Waals surface area contributed by atoms with E-state index in [2.05, 4.69) is 12.1 Å². The summed E-state index contributed by atoms with van der Waals surface area (Å²) in [5.74, 6) is 0.222. The molecular formula is C24H28N4O. The largest absolute Gasteiger partial charge is 0.341 e. The molecule has 5 heteroatoms. The third kappa shape index (κ3) is 4.40. The van der Waals surface area contributed by atoms with Crippen molar-refractivity contribution in [3.63, 3.8) is 0 Å². The zero-order valence-electron chi connectivity index (χ0n) is 16.9. The fraction of sp³-hybridized carbons (Fsp3) is 0.333. The minimum Gasteiger partial charge on any atom is -0.341 e. The minimum absolute atomic E-state index is 0.0353. The molecule has 1 amide bonds. The minimum atomic E-state index is 0.0353. The fourth-order valence-corrected chi connectivity index (χ4v) is 4.17. The molecule has 0 spiro atoms. The highest BCUT2D eigenvalue weighted by molar-refractivity contribution is 5.79. The third-order valence-corrected chi connectivity index (χ3v) is 5.71. The topological polar surface area (TPSA) is 64.2 Å². The van der Waals surface area contributed by atoms with Gasteiger partial charge in [-0.05, 0) is 31.4 Å². The van der Waals surface area contributed by atoms with Gasteiger partial charge in [-0.1, -0.05) is 55.0 Å². The van der Waals surface area contributed by atoms with Gasteiger partial charge in [-0.25, -0.2) is 4.68 Å². The normalized spacial score (nSPS) is 19.1. The molecule has 150 valence electrons. The van der Waals surface area contributed by atoms with Gasteiger partial charge in [0, 0.05) is 42.9 Å². The maximum Gasteiger partial charge on any atom is 0.225 e. The molecule has 2 N–H and O–H groups in total. The molecule has 2 unspecified atom stereocenters. The van der Waals surface area contributed by atoms with Crippen LogP contribution in [-0.2, 0) is 11.3 Å². The molecule has 1 heterocycles. The number of para-hydroxylation sites is 1. The second kappa shape index (κ2) is 8.62. The van der Waals surface area contributed by atoms with Crippen LogP contribution in [0.1, 0.15) is 31.2 Å². The number of aromatic nitrogens is 2. The van der Waals surface area contributed by atoms with Gasteiger partial charge in [0.05, 0.1) is 11.4 Å². The molecule has 5 nitrogen and oxygen atoms in total. The maximum atomic E-state index is 13.0. The molecule has 0 radical (unpaired) electrons. The summed E-state index contributed by atoms with van der Waals surface area (Å²) >= 11 is 0. The van der Waals surface area contributed by atoms with Crippen molar-refractivity contribution in [3.05, 3.63) is 72.4 Å². The van der Waals surface area contributed by atoms with Crippen LogP contribution in [0.3, 0.4) is 0 Å². The first-order valence-corrected chi connectivity index (χ1v) is 10.3. The van der Waals surface area contributed by atoms with Gasteiger partial charge in [0.15, 0.2) is 0 Å². The Balaban J connectivity index is 1.61. The summed E-state index contributed by atoms with van der Waals surface area (Å²) in [4.78, 5) is 14.9. The molecule has 1 fully saturated rings. The van der Waals surface area contributed by atoms with Crippen molar-refractivity contribution < 1.29 is 4.79 Å². The van der Waals surface area contributed by atoms with E-state index in [-0.39, 0.29) is 17.9 Å². The van der Waals surface area contributed by atoms with E-state index in [4.69, 9.17) is 10.8 Å². The van der Waals surface area contributed by atoms with E-state index in [1.807, 2.05) is 71.4 Å².